The highest BCUT2D eigenvalue weighted by molar-refractivity contribution is 5.80. The van der Waals surface area contributed by atoms with Gasteiger partial charge in [-0.3, -0.25) is 0 Å². The van der Waals surface area contributed by atoms with Gasteiger partial charge in [0.05, 0.1) is 6.04 Å². The Morgan fingerprint density at radius 2 is 2.04 bits per heavy atom. The molecular formula is C18H26N6. The molecule has 0 aliphatic heterocycles. The lowest BCUT2D eigenvalue weighted by molar-refractivity contribution is 0.672. The molecule has 3 rings (SSSR count). The Labute approximate surface area is 143 Å². The zero-order valence-corrected chi connectivity index (χ0v) is 14.9. The molecule has 0 amide bonds. The van der Waals surface area contributed by atoms with Crippen molar-refractivity contribution in [2.75, 3.05) is 0 Å². The van der Waals surface area contributed by atoms with E-state index in [0.29, 0.717) is 12.6 Å². The number of benzene rings is 1. The number of hydrogen-bond acceptors (Lipinski definition) is 3. The number of aromatic nitrogens is 3. The summed E-state index contributed by atoms with van der Waals surface area (Å²) in [6.07, 6.45) is 2.42. The fourth-order valence-corrected chi connectivity index (χ4v) is 2.65. The molecule has 1 aliphatic carbocycles. The van der Waals surface area contributed by atoms with E-state index in [1.165, 1.54) is 24.0 Å². The molecule has 6 nitrogen and oxygen atoms in total. The molecule has 1 aliphatic rings. The minimum absolute atomic E-state index is 0.192. The minimum atomic E-state index is 0.192. The number of nitrogens with zero attached hydrogens (tertiary/aromatic N) is 4. The monoisotopic (exact) mass is 326 g/mol. The summed E-state index contributed by atoms with van der Waals surface area (Å²) in [6.45, 7) is 6.77. The second-order valence-electron chi connectivity index (χ2n) is 6.53. The van der Waals surface area contributed by atoms with E-state index in [4.69, 9.17) is 4.99 Å². The Morgan fingerprint density at radius 3 is 2.67 bits per heavy atom. The van der Waals surface area contributed by atoms with E-state index in [1.54, 1.807) is 0 Å². The number of guanidine groups is 1. The summed E-state index contributed by atoms with van der Waals surface area (Å²) < 4.78 is 1.98. The van der Waals surface area contributed by atoms with Crippen LogP contribution in [0.2, 0.25) is 0 Å². The predicted octanol–water partition coefficient (Wildman–Crippen LogP) is 2.39. The van der Waals surface area contributed by atoms with Crippen molar-refractivity contribution in [1.82, 2.24) is 25.4 Å². The highest BCUT2D eigenvalue weighted by atomic mass is 15.3. The Bertz CT molecular complexity index is 729. The molecule has 1 unspecified atom stereocenters. The lowest BCUT2D eigenvalue weighted by atomic mass is 10.0. The summed E-state index contributed by atoms with van der Waals surface area (Å²) in [5.41, 5.74) is 2.57. The summed E-state index contributed by atoms with van der Waals surface area (Å²) in [5.74, 6) is 2.61. The Morgan fingerprint density at radius 1 is 1.29 bits per heavy atom. The van der Waals surface area contributed by atoms with Gasteiger partial charge in [0.2, 0.25) is 0 Å². The van der Waals surface area contributed by atoms with Gasteiger partial charge < -0.3 is 15.2 Å². The number of aryl methyl sites for hydroxylation is 2. The normalized spacial score (nSPS) is 16.1. The van der Waals surface area contributed by atoms with Crippen LogP contribution < -0.4 is 10.6 Å². The standard InChI is InChI=1S/C18H26N6/c1-12-7-5-6-8-16(12)13(2)20-18(21-15-9-10-15)19-11-17-23-22-14(3)24(17)4/h5-8,13,15H,9-11H2,1-4H3,(H2,19,20,21). The molecule has 6 heteroatoms. The predicted molar refractivity (Wildman–Crippen MR) is 95.8 cm³/mol. The van der Waals surface area contributed by atoms with Crippen LogP contribution in [0.15, 0.2) is 29.3 Å². The van der Waals surface area contributed by atoms with E-state index in [0.717, 1.165) is 17.6 Å². The van der Waals surface area contributed by atoms with Crippen LogP contribution in [0.5, 0.6) is 0 Å². The van der Waals surface area contributed by atoms with Crippen molar-refractivity contribution in [3.05, 3.63) is 47.0 Å². The van der Waals surface area contributed by atoms with E-state index in [2.05, 4.69) is 58.9 Å². The van der Waals surface area contributed by atoms with Gasteiger partial charge in [-0.1, -0.05) is 24.3 Å². The van der Waals surface area contributed by atoms with Gasteiger partial charge in [0.25, 0.3) is 0 Å². The Hall–Kier alpha value is -2.37. The zero-order chi connectivity index (χ0) is 17.1. The van der Waals surface area contributed by atoms with Gasteiger partial charge in [-0.05, 0) is 44.7 Å². The molecule has 1 saturated carbocycles. The quantitative estimate of drug-likeness (QED) is 0.654. The van der Waals surface area contributed by atoms with Gasteiger partial charge in [-0.25, -0.2) is 4.99 Å². The number of rotatable bonds is 5. The summed E-state index contributed by atoms with van der Waals surface area (Å²) >= 11 is 0. The van der Waals surface area contributed by atoms with Crippen LogP contribution in [-0.4, -0.2) is 26.8 Å². The van der Waals surface area contributed by atoms with Gasteiger partial charge in [0.15, 0.2) is 11.8 Å². The molecule has 1 aromatic heterocycles. The van der Waals surface area contributed by atoms with Gasteiger partial charge in [0, 0.05) is 13.1 Å². The first-order valence-electron chi connectivity index (χ1n) is 8.52. The van der Waals surface area contributed by atoms with Crippen molar-refractivity contribution in [3.8, 4) is 0 Å². The molecule has 1 atom stereocenters. The van der Waals surface area contributed by atoms with Crippen molar-refractivity contribution in [2.24, 2.45) is 12.0 Å². The maximum atomic E-state index is 4.71. The molecule has 0 radical (unpaired) electrons. The van der Waals surface area contributed by atoms with Crippen LogP contribution in [0, 0.1) is 13.8 Å². The third kappa shape index (κ3) is 3.93. The Kier molecular flexibility index (Phi) is 4.83. The SMILES string of the molecule is Cc1ccccc1C(C)NC(=NCc1nnc(C)n1C)NC1CC1. The topological polar surface area (TPSA) is 67.1 Å². The first-order chi connectivity index (χ1) is 11.5. The molecule has 24 heavy (non-hydrogen) atoms. The number of nitrogens with one attached hydrogen (secondary N) is 2. The molecule has 1 heterocycles. The Balaban J connectivity index is 1.72. The fraction of sp³-hybridized carbons (Fsp3) is 0.500. The van der Waals surface area contributed by atoms with Gasteiger partial charge >= 0.3 is 0 Å². The average molecular weight is 326 g/mol. The second-order valence-corrected chi connectivity index (χ2v) is 6.53. The molecule has 2 aromatic rings. The van der Waals surface area contributed by atoms with E-state index in [9.17, 15) is 0 Å². The van der Waals surface area contributed by atoms with Crippen molar-refractivity contribution < 1.29 is 0 Å². The summed E-state index contributed by atoms with van der Waals surface area (Å²) in [5, 5.41) is 15.3. The van der Waals surface area contributed by atoms with Crippen molar-refractivity contribution in [1.29, 1.82) is 0 Å². The minimum Gasteiger partial charge on any atom is -0.354 e. The van der Waals surface area contributed by atoms with Gasteiger partial charge in [-0.2, -0.15) is 0 Å². The van der Waals surface area contributed by atoms with Crippen molar-refractivity contribution in [3.63, 3.8) is 0 Å². The summed E-state index contributed by atoms with van der Waals surface area (Å²) in [4.78, 5) is 4.71. The molecule has 0 bridgehead atoms. The molecule has 1 aromatic carbocycles. The van der Waals surface area contributed by atoms with Crippen LogP contribution in [0.4, 0.5) is 0 Å². The lowest BCUT2D eigenvalue weighted by Crippen LogP contribution is -2.40. The highest BCUT2D eigenvalue weighted by Crippen LogP contribution is 2.20. The summed E-state index contributed by atoms with van der Waals surface area (Å²) in [7, 11) is 1.97. The van der Waals surface area contributed by atoms with Gasteiger partial charge in [0.1, 0.15) is 12.4 Å². The third-order valence-corrected chi connectivity index (χ3v) is 4.49. The van der Waals surface area contributed by atoms with E-state index in [-0.39, 0.29) is 6.04 Å². The van der Waals surface area contributed by atoms with E-state index in [1.807, 2.05) is 18.5 Å². The maximum Gasteiger partial charge on any atom is 0.192 e. The fourth-order valence-electron chi connectivity index (χ4n) is 2.65. The number of hydrogen-bond donors (Lipinski definition) is 2. The maximum absolute atomic E-state index is 4.71. The molecule has 1 fully saturated rings. The van der Waals surface area contributed by atoms with E-state index < -0.39 is 0 Å². The van der Waals surface area contributed by atoms with Crippen LogP contribution in [-0.2, 0) is 13.6 Å². The van der Waals surface area contributed by atoms with Crippen LogP contribution in [0.3, 0.4) is 0 Å². The second kappa shape index (κ2) is 7.03. The summed E-state index contributed by atoms with van der Waals surface area (Å²) in [6, 6.07) is 9.18. The zero-order valence-electron chi connectivity index (χ0n) is 14.9. The van der Waals surface area contributed by atoms with Crippen LogP contribution in [0.25, 0.3) is 0 Å². The van der Waals surface area contributed by atoms with E-state index >= 15 is 0 Å². The van der Waals surface area contributed by atoms with Crippen LogP contribution >= 0.6 is 0 Å². The smallest absolute Gasteiger partial charge is 0.192 e. The first kappa shape index (κ1) is 16.5. The molecular weight excluding hydrogens is 300 g/mol. The lowest BCUT2D eigenvalue weighted by Gasteiger charge is -2.20. The molecule has 0 spiro atoms. The largest absolute Gasteiger partial charge is 0.354 e. The van der Waals surface area contributed by atoms with Crippen LogP contribution in [0.1, 0.15) is 48.6 Å². The molecule has 0 saturated heterocycles. The van der Waals surface area contributed by atoms with Crippen molar-refractivity contribution in [2.45, 2.75) is 52.2 Å². The number of aliphatic imine (C=N–C) groups is 1. The van der Waals surface area contributed by atoms with Crippen molar-refractivity contribution >= 4 is 5.96 Å². The highest BCUT2D eigenvalue weighted by Gasteiger charge is 2.23. The average Bonchev–Trinajstić information content (AvgIpc) is 3.32. The molecule has 128 valence electrons. The first-order valence-corrected chi connectivity index (χ1v) is 8.52. The molecule has 2 N–H and O–H groups in total. The third-order valence-electron chi connectivity index (χ3n) is 4.49. The van der Waals surface area contributed by atoms with Gasteiger partial charge in [-0.15, -0.1) is 10.2 Å².